The fourth-order valence-corrected chi connectivity index (χ4v) is 1.75. The largest absolute Gasteiger partial charge is 0.394 e. The molecule has 0 amide bonds. The molecule has 0 aliphatic heterocycles. The van der Waals surface area contributed by atoms with Crippen molar-refractivity contribution in [1.82, 2.24) is 5.32 Å². The molecule has 1 aromatic carbocycles. The number of rotatable bonds is 8. The van der Waals surface area contributed by atoms with Crippen LogP contribution >= 0.6 is 15.9 Å². The van der Waals surface area contributed by atoms with Crippen molar-refractivity contribution in [3.8, 4) is 0 Å². The monoisotopic (exact) mass is 305 g/mol. The summed E-state index contributed by atoms with van der Waals surface area (Å²) >= 11 is 3.37. The molecule has 0 bridgehead atoms. The Balaban J connectivity index is 2.15. The normalized spacial score (nSPS) is 10.8. The van der Waals surface area contributed by atoms with Crippen molar-refractivity contribution in [3.63, 3.8) is 0 Å². The van der Waals surface area contributed by atoms with Gasteiger partial charge >= 0.3 is 0 Å². The van der Waals surface area contributed by atoms with Crippen molar-refractivity contribution in [3.05, 3.63) is 34.1 Å². The van der Waals surface area contributed by atoms with E-state index in [0.717, 1.165) is 23.0 Å². The first kappa shape index (κ1) is 14.6. The molecule has 0 aromatic heterocycles. The second-order valence-electron chi connectivity index (χ2n) is 3.60. The first-order valence-electron chi connectivity index (χ1n) is 5.57. The Morgan fingerprint density at radius 2 is 2.18 bits per heavy atom. The molecule has 17 heavy (non-hydrogen) atoms. The molecule has 0 spiro atoms. The van der Waals surface area contributed by atoms with Crippen LogP contribution in [0.15, 0.2) is 22.7 Å². The third-order valence-corrected chi connectivity index (χ3v) is 2.97. The van der Waals surface area contributed by atoms with Gasteiger partial charge in [-0.1, -0.05) is 15.9 Å². The van der Waals surface area contributed by atoms with Gasteiger partial charge < -0.3 is 15.2 Å². The van der Waals surface area contributed by atoms with E-state index >= 15 is 0 Å². The molecule has 0 unspecified atom stereocenters. The molecule has 2 N–H and O–H groups in total. The number of hydrogen-bond acceptors (Lipinski definition) is 3. The van der Waals surface area contributed by atoms with Crippen LogP contribution in [0.25, 0.3) is 0 Å². The number of nitrogens with one attached hydrogen (secondary N) is 1. The van der Waals surface area contributed by atoms with Crippen molar-refractivity contribution in [2.45, 2.75) is 13.0 Å². The predicted molar refractivity (Wildman–Crippen MR) is 68.3 cm³/mol. The average Bonchev–Trinajstić information content (AvgIpc) is 2.32. The maximum atomic E-state index is 13.0. The number of aliphatic hydroxyl groups is 1. The number of ether oxygens (including phenoxy) is 1. The Morgan fingerprint density at radius 1 is 1.35 bits per heavy atom. The first-order chi connectivity index (χ1) is 8.24. The zero-order valence-electron chi connectivity index (χ0n) is 9.59. The van der Waals surface area contributed by atoms with Gasteiger partial charge in [0.25, 0.3) is 0 Å². The highest BCUT2D eigenvalue weighted by atomic mass is 79.9. The Bertz CT molecular complexity index is 336. The van der Waals surface area contributed by atoms with Gasteiger partial charge in [0.2, 0.25) is 0 Å². The van der Waals surface area contributed by atoms with Crippen LogP contribution in [-0.4, -0.2) is 31.5 Å². The fourth-order valence-electron chi connectivity index (χ4n) is 1.37. The molecule has 5 heteroatoms. The quantitative estimate of drug-likeness (QED) is 0.723. The van der Waals surface area contributed by atoms with Crippen LogP contribution in [0.3, 0.4) is 0 Å². The Morgan fingerprint density at radius 3 is 2.94 bits per heavy atom. The van der Waals surface area contributed by atoms with E-state index < -0.39 is 0 Å². The summed E-state index contributed by atoms with van der Waals surface area (Å²) in [6, 6.07) is 4.65. The molecular weight excluding hydrogens is 289 g/mol. The van der Waals surface area contributed by atoms with E-state index in [1.807, 2.05) is 0 Å². The molecule has 0 aliphatic carbocycles. The maximum Gasteiger partial charge on any atom is 0.123 e. The van der Waals surface area contributed by atoms with Crippen LogP contribution in [0.2, 0.25) is 0 Å². The Labute approximate surface area is 109 Å². The van der Waals surface area contributed by atoms with Gasteiger partial charge in [0.1, 0.15) is 5.82 Å². The van der Waals surface area contributed by atoms with Gasteiger partial charge in [-0.2, -0.15) is 0 Å². The summed E-state index contributed by atoms with van der Waals surface area (Å²) in [6.45, 7) is 2.49. The number of aliphatic hydroxyl groups excluding tert-OH is 1. The Hall–Kier alpha value is -0.490. The lowest BCUT2D eigenvalue weighted by Gasteiger charge is -2.07. The molecular formula is C12H17BrFNO2. The van der Waals surface area contributed by atoms with Gasteiger partial charge in [0.05, 0.1) is 13.2 Å². The molecule has 0 saturated heterocycles. The molecule has 0 aliphatic rings. The lowest BCUT2D eigenvalue weighted by molar-refractivity contribution is 0.0907. The van der Waals surface area contributed by atoms with Gasteiger partial charge in [0.15, 0.2) is 0 Å². The predicted octanol–water partition coefficient (Wildman–Crippen LogP) is 2.08. The molecule has 0 radical (unpaired) electrons. The Kier molecular flexibility index (Phi) is 7.35. The fraction of sp³-hybridized carbons (Fsp3) is 0.500. The van der Waals surface area contributed by atoms with Gasteiger partial charge in [-0.05, 0) is 36.7 Å². The van der Waals surface area contributed by atoms with Crippen LogP contribution in [0.5, 0.6) is 0 Å². The highest BCUT2D eigenvalue weighted by molar-refractivity contribution is 9.10. The molecule has 96 valence electrons. The van der Waals surface area contributed by atoms with Crippen LogP contribution in [0.1, 0.15) is 12.0 Å². The van der Waals surface area contributed by atoms with Gasteiger partial charge in [0, 0.05) is 17.6 Å². The lowest BCUT2D eigenvalue weighted by atomic mass is 10.2. The smallest absolute Gasteiger partial charge is 0.123 e. The summed E-state index contributed by atoms with van der Waals surface area (Å²) < 4.78 is 19.0. The molecule has 1 aromatic rings. The highest BCUT2D eigenvalue weighted by Crippen LogP contribution is 2.17. The van der Waals surface area contributed by atoms with Gasteiger partial charge in [-0.25, -0.2) is 4.39 Å². The van der Waals surface area contributed by atoms with Crippen molar-refractivity contribution < 1.29 is 14.2 Å². The minimum absolute atomic E-state index is 0.0592. The number of hydrogen-bond donors (Lipinski definition) is 2. The van der Waals surface area contributed by atoms with Crippen molar-refractivity contribution in [1.29, 1.82) is 0 Å². The summed E-state index contributed by atoms with van der Waals surface area (Å²) in [4.78, 5) is 0. The zero-order chi connectivity index (χ0) is 12.5. The average molecular weight is 306 g/mol. The van der Waals surface area contributed by atoms with Crippen LogP contribution in [0.4, 0.5) is 4.39 Å². The molecule has 3 nitrogen and oxygen atoms in total. The van der Waals surface area contributed by atoms with Gasteiger partial charge in [-0.15, -0.1) is 0 Å². The lowest BCUT2D eigenvalue weighted by Crippen LogP contribution is -2.17. The van der Waals surface area contributed by atoms with E-state index in [2.05, 4.69) is 21.2 Å². The summed E-state index contributed by atoms with van der Waals surface area (Å²) in [5, 5.41) is 11.7. The molecule has 1 rings (SSSR count). The SMILES string of the molecule is OCCOCCCNCc1cc(F)ccc1Br. The molecule has 0 saturated carbocycles. The van der Waals surface area contributed by atoms with E-state index in [4.69, 9.17) is 9.84 Å². The van der Waals surface area contributed by atoms with Crippen molar-refractivity contribution in [2.75, 3.05) is 26.4 Å². The van der Waals surface area contributed by atoms with E-state index in [9.17, 15) is 4.39 Å². The van der Waals surface area contributed by atoms with E-state index in [1.165, 1.54) is 12.1 Å². The van der Waals surface area contributed by atoms with Gasteiger partial charge in [-0.3, -0.25) is 0 Å². The third-order valence-electron chi connectivity index (χ3n) is 2.20. The van der Waals surface area contributed by atoms with Crippen LogP contribution in [0, 0.1) is 5.82 Å². The first-order valence-corrected chi connectivity index (χ1v) is 6.36. The molecule has 0 atom stereocenters. The summed E-state index contributed by atoms with van der Waals surface area (Å²) in [7, 11) is 0. The topological polar surface area (TPSA) is 41.5 Å². The van der Waals surface area contributed by atoms with Crippen LogP contribution < -0.4 is 5.32 Å². The van der Waals surface area contributed by atoms with Crippen molar-refractivity contribution >= 4 is 15.9 Å². The number of halogens is 2. The second-order valence-corrected chi connectivity index (χ2v) is 4.46. The summed E-state index contributed by atoms with van der Waals surface area (Å²) in [6.07, 6.45) is 0.868. The highest BCUT2D eigenvalue weighted by Gasteiger charge is 2.00. The molecule has 0 fully saturated rings. The van der Waals surface area contributed by atoms with E-state index in [-0.39, 0.29) is 12.4 Å². The zero-order valence-corrected chi connectivity index (χ0v) is 11.2. The van der Waals surface area contributed by atoms with E-state index in [1.54, 1.807) is 6.07 Å². The standard InChI is InChI=1S/C12H17BrFNO2/c13-12-3-2-11(14)8-10(12)9-15-4-1-6-17-7-5-16/h2-3,8,15-16H,1,4-7,9H2. The third kappa shape index (κ3) is 6.12. The maximum absolute atomic E-state index is 13.0. The second kappa shape index (κ2) is 8.58. The molecule has 0 heterocycles. The number of benzene rings is 1. The van der Waals surface area contributed by atoms with Crippen LogP contribution in [-0.2, 0) is 11.3 Å². The summed E-state index contributed by atoms with van der Waals surface area (Å²) in [5.41, 5.74) is 0.904. The minimum atomic E-state index is -0.226. The summed E-state index contributed by atoms with van der Waals surface area (Å²) in [5.74, 6) is -0.226. The van der Waals surface area contributed by atoms with Crippen molar-refractivity contribution in [2.24, 2.45) is 0 Å². The minimum Gasteiger partial charge on any atom is -0.394 e. The van der Waals surface area contributed by atoms with E-state index in [0.29, 0.717) is 19.8 Å².